The van der Waals surface area contributed by atoms with Crippen LogP contribution in [0.4, 0.5) is 0 Å². The molecule has 1 aliphatic rings. The number of hydrogen-bond donors (Lipinski definition) is 0. The molecule has 1 rings (SSSR count). The minimum absolute atomic E-state index is 0.000255. The van der Waals surface area contributed by atoms with E-state index in [2.05, 4.69) is 0 Å². The Morgan fingerprint density at radius 3 is 2.46 bits per heavy atom. The van der Waals surface area contributed by atoms with Crippen LogP contribution in [0.3, 0.4) is 0 Å². The van der Waals surface area contributed by atoms with Gasteiger partial charge in [-0.2, -0.15) is 0 Å². The van der Waals surface area contributed by atoms with Crippen LogP contribution >= 0.6 is 0 Å². The van der Waals surface area contributed by atoms with Crippen LogP contribution in [0.25, 0.3) is 0 Å². The standard InChI is InChI=1S/C9H17NO3/c1-4-9(6-12-7-9)13-5-8(11)10(2)3/h4-7H2,1-3H3. The van der Waals surface area contributed by atoms with E-state index in [4.69, 9.17) is 9.47 Å². The van der Waals surface area contributed by atoms with E-state index in [0.717, 1.165) is 6.42 Å². The number of carbonyl (C=O) groups excluding carboxylic acids is 1. The first-order chi connectivity index (χ1) is 6.09. The van der Waals surface area contributed by atoms with Crippen molar-refractivity contribution in [2.24, 2.45) is 0 Å². The van der Waals surface area contributed by atoms with Crippen LogP contribution < -0.4 is 0 Å². The molecule has 1 heterocycles. The minimum Gasteiger partial charge on any atom is -0.375 e. The smallest absolute Gasteiger partial charge is 0.248 e. The van der Waals surface area contributed by atoms with Crippen LogP contribution in [0.2, 0.25) is 0 Å². The summed E-state index contributed by atoms with van der Waals surface area (Å²) in [6.07, 6.45) is 0.897. The summed E-state index contributed by atoms with van der Waals surface area (Å²) in [5, 5.41) is 0. The van der Waals surface area contributed by atoms with E-state index < -0.39 is 0 Å². The van der Waals surface area contributed by atoms with Crippen LogP contribution in [-0.2, 0) is 14.3 Å². The Labute approximate surface area is 78.8 Å². The third kappa shape index (κ3) is 2.42. The van der Waals surface area contributed by atoms with Gasteiger partial charge in [0, 0.05) is 14.1 Å². The Bertz CT molecular complexity index is 182. The second kappa shape index (κ2) is 4.07. The van der Waals surface area contributed by atoms with Crippen molar-refractivity contribution in [3.05, 3.63) is 0 Å². The number of ether oxygens (including phenoxy) is 2. The highest BCUT2D eigenvalue weighted by molar-refractivity contribution is 5.76. The molecule has 4 nitrogen and oxygen atoms in total. The van der Waals surface area contributed by atoms with Crippen LogP contribution in [-0.4, -0.2) is 50.3 Å². The van der Waals surface area contributed by atoms with Crippen LogP contribution in [0, 0.1) is 0 Å². The average molecular weight is 187 g/mol. The minimum atomic E-state index is -0.189. The topological polar surface area (TPSA) is 38.8 Å². The van der Waals surface area contributed by atoms with Gasteiger partial charge in [0.25, 0.3) is 0 Å². The van der Waals surface area contributed by atoms with Crippen LogP contribution in [0.5, 0.6) is 0 Å². The largest absolute Gasteiger partial charge is 0.375 e. The first kappa shape index (κ1) is 10.5. The molecule has 0 aliphatic carbocycles. The Balaban J connectivity index is 2.28. The van der Waals surface area contributed by atoms with Crippen LogP contribution in [0.15, 0.2) is 0 Å². The molecule has 76 valence electrons. The fraction of sp³-hybridized carbons (Fsp3) is 0.889. The number of carbonyl (C=O) groups is 1. The molecule has 13 heavy (non-hydrogen) atoms. The van der Waals surface area contributed by atoms with E-state index in [9.17, 15) is 4.79 Å². The summed E-state index contributed by atoms with van der Waals surface area (Å²) in [6.45, 7) is 3.43. The molecule has 0 N–H and O–H groups in total. The first-order valence-electron chi connectivity index (χ1n) is 4.51. The van der Waals surface area contributed by atoms with Crippen molar-refractivity contribution in [3.8, 4) is 0 Å². The number of likely N-dealkylation sites (N-methyl/N-ethyl adjacent to an activating group) is 1. The molecule has 1 fully saturated rings. The maximum atomic E-state index is 11.2. The van der Waals surface area contributed by atoms with Gasteiger partial charge in [-0.3, -0.25) is 4.79 Å². The quantitative estimate of drug-likeness (QED) is 0.634. The van der Waals surface area contributed by atoms with Gasteiger partial charge >= 0.3 is 0 Å². The fourth-order valence-corrected chi connectivity index (χ4v) is 1.06. The molecule has 0 saturated carbocycles. The van der Waals surface area contributed by atoms with E-state index in [-0.39, 0.29) is 18.1 Å². The van der Waals surface area contributed by atoms with E-state index in [1.165, 1.54) is 4.90 Å². The highest BCUT2D eigenvalue weighted by Crippen LogP contribution is 2.25. The molecule has 0 aromatic rings. The zero-order chi connectivity index (χ0) is 9.90. The molecule has 0 unspecified atom stereocenters. The summed E-state index contributed by atoms with van der Waals surface area (Å²) in [7, 11) is 3.45. The lowest BCUT2D eigenvalue weighted by Gasteiger charge is -2.40. The van der Waals surface area contributed by atoms with Crippen LogP contribution in [0.1, 0.15) is 13.3 Å². The molecule has 1 amide bonds. The lowest BCUT2D eigenvalue weighted by Crippen LogP contribution is -2.52. The molecule has 0 spiro atoms. The van der Waals surface area contributed by atoms with Gasteiger partial charge in [-0.05, 0) is 6.42 Å². The van der Waals surface area contributed by atoms with E-state index in [1.54, 1.807) is 14.1 Å². The second-order valence-corrected chi connectivity index (χ2v) is 3.61. The van der Waals surface area contributed by atoms with E-state index in [0.29, 0.717) is 13.2 Å². The molecule has 0 radical (unpaired) electrons. The highest BCUT2D eigenvalue weighted by Gasteiger charge is 2.38. The van der Waals surface area contributed by atoms with Gasteiger partial charge in [-0.25, -0.2) is 0 Å². The summed E-state index contributed by atoms with van der Waals surface area (Å²) in [6, 6.07) is 0. The number of amides is 1. The van der Waals surface area contributed by atoms with Gasteiger partial charge in [-0.15, -0.1) is 0 Å². The van der Waals surface area contributed by atoms with Gasteiger partial charge in [-0.1, -0.05) is 6.92 Å². The summed E-state index contributed by atoms with van der Waals surface area (Å²) < 4.78 is 10.6. The third-order valence-electron chi connectivity index (χ3n) is 2.38. The van der Waals surface area contributed by atoms with Crippen molar-refractivity contribution in [1.82, 2.24) is 4.90 Å². The molecular formula is C9H17NO3. The Morgan fingerprint density at radius 1 is 1.54 bits per heavy atom. The predicted octanol–water partition coefficient (Wildman–Crippen LogP) is 0.270. The molecule has 0 bridgehead atoms. The van der Waals surface area contributed by atoms with Crippen molar-refractivity contribution < 1.29 is 14.3 Å². The van der Waals surface area contributed by atoms with Gasteiger partial charge in [0.1, 0.15) is 12.2 Å². The molecular weight excluding hydrogens is 170 g/mol. The lowest BCUT2D eigenvalue weighted by atomic mass is 9.99. The Hall–Kier alpha value is -0.610. The van der Waals surface area contributed by atoms with Gasteiger partial charge in [0.15, 0.2) is 0 Å². The van der Waals surface area contributed by atoms with Crippen molar-refractivity contribution in [1.29, 1.82) is 0 Å². The van der Waals surface area contributed by atoms with Crippen molar-refractivity contribution in [2.45, 2.75) is 18.9 Å². The zero-order valence-corrected chi connectivity index (χ0v) is 8.50. The molecule has 1 saturated heterocycles. The molecule has 0 aromatic carbocycles. The van der Waals surface area contributed by atoms with Gasteiger partial charge in [0.2, 0.25) is 5.91 Å². The summed E-state index contributed by atoms with van der Waals surface area (Å²) >= 11 is 0. The summed E-state index contributed by atoms with van der Waals surface area (Å²) in [5.74, 6) is -0.000255. The molecule has 0 aromatic heterocycles. The third-order valence-corrected chi connectivity index (χ3v) is 2.38. The lowest BCUT2D eigenvalue weighted by molar-refractivity contribution is -0.212. The number of hydrogen-bond acceptors (Lipinski definition) is 3. The number of nitrogens with zero attached hydrogens (tertiary/aromatic N) is 1. The normalized spacial score (nSPS) is 19.3. The second-order valence-electron chi connectivity index (χ2n) is 3.61. The van der Waals surface area contributed by atoms with Gasteiger partial charge < -0.3 is 14.4 Å². The van der Waals surface area contributed by atoms with E-state index >= 15 is 0 Å². The van der Waals surface area contributed by atoms with E-state index in [1.807, 2.05) is 6.92 Å². The monoisotopic (exact) mass is 187 g/mol. The SMILES string of the molecule is CCC1(OCC(=O)N(C)C)COC1. The van der Waals surface area contributed by atoms with Gasteiger partial charge in [0.05, 0.1) is 13.2 Å². The first-order valence-corrected chi connectivity index (χ1v) is 4.51. The summed E-state index contributed by atoms with van der Waals surface area (Å²) in [4.78, 5) is 12.7. The van der Waals surface area contributed by atoms with Crippen molar-refractivity contribution in [2.75, 3.05) is 33.9 Å². The predicted molar refractivity (Wildman–Crippen MR) is 48.5 cm³/mol. The zero-order valence-electron chi connectivity index (χ0n) is 8.50. The maximum absolute atomic E-state index is 11.2. The Kier molecular flexibility index (Phi) is 3.27. The summed E-state index contributed by atoms with van der Waals surface area (Å²) in [5.41, 5.74) is -0.189. The molecule has 1 aliphatic heterocycles. The highest BCUT2D eigenvalue weighted by atomic mass is 16.6. The fourth-order valence-electron chi connectivity index (χ4n) is 1.06. The average Bonchev–Trinajstić information content (AvgIpc) is 2.02. The van der Waals surface area contributed by atoms with Crippen molar-refractivity contribution >= 4 is 5.91 Å². The Morgan fingerprint density at radius 2 is 2.15 bits per heavy atom. The maximum Gasteiger partial charge on any atom is 0.248 e. The van der Waals surface area contributed by atoms with Crippen molar-refractivity contribution in [3.63, 3.8) is 0 Å². The molecule has 0 atom stereocenters. The number of rotatable bonds is 4. The molecule has 4 heteroatoms.